The first-order valence-electron chi connectivity index (χ1n) is 7.85. The summed E-state index contributed by atoms with van der Waals surface area (Å²) in [5.74, 6) is 0.325. The highest BCUT2D eigenvalue weighted by Gasteiger charge is 2.36. The van der Waals surface area contributed by atoms with Crippen molar-refractivity contribution in [2.24, 2.45) is 5.73 Å². The molecule has 1 aromatic rings. The SMILES string of the molecule is CCC(C)(C(N)Cc1cccc(O)c1)N1CCCCC1. The maximum Gasteiger partial charge on any atom is 0.115 e. The standard InChI is InChI=1S/C17H28N2O/c1-3-17(2,19-10-5-4-6-11-19)16(18)13-14-8-7-9-15(20)12-14/h7-9,12,16,20H,3-6,10-11,13,18H2,1-2H3. The smallest absolute Gasteiger partial charge is 0.115 e. The van der Waals surface area contributed by atoms with Crippen LogP contribution in [0.3, 0.4) is 0 Å². The van der Waals surface area contributed by atoms with E-state index < -0.39 is 0 Å². The van der Waals surface area contributed by atoms with Gasteiger partial charge in [0.1, 0.15) is 5.75 Å². The summed E-state index contributed by atoms with van der Waals surface area (Å²) in [6.45, 7) is 6.86. The van der Waals surface area contributed by atoms with Gasteiger partial charge < -0.3 is 10.8 Å². The zero-order valence-electron chi connectivity index (χ0n) is 12.8. The Balaban J connectivity index is 2.09. The van der Waals surface area contributed by atoms with Crippen LogP contribution in [0.15, 0.2) is 24.3 Å². The maximum absolute atomic E-state index is 9.58. The Labute approximate surface area is 122 Å². The Hall–Kier alpha value is -1.06. The fraction of sp³-hybridized carbons (Fsp3) is 0.647. The molecule has 20 heavy (non-hydrogen) atoms. The number of nitrogens with zero attached hydrogens (tertiary/aromatic N) is 1. The van der Waals surface area contributed by atoms with Crippen molar-refractivity contribution < 1.29 is 5.11 Å². The lowest BCUT2D eigenvalue weighted by atomic mass is 9.83. The molecule has 0 amide bonds. The predicted molar refractivity (Wildman–Crippen MR) is 83.9 cm³/mol. The second kappa shape index (κ2) is 6.59. The number of rotatable bonds is 5. The maximum atomic E-state index is 9.58. The van der Waals surface area contributed by atoms with Gasteiger partial charge in [-0.25, -0.2) is 0 Å². The van der Waals surface area contributed by atoms with Crippen molar-refractivity contribution in [1.29, 1.82) is 0 Å². The van der Waals surface area contributed by atoms with E-state index in [4.69, 9.17) is 5.73 Å². The average Bonchev–Trinajstić information content (AvgIpc) is 2.47. The molecule has 2 unspecified atom stereocenters. The number of hydrogen-bond donors (Lipinski definition) is 2. The number of benzene rings is 1. The number of piperidine rings is 1. The molecule has 0 radical (unpaired) electrons. The van der Waals surface area contributed by atoms with Gasteiger partial charge in [0.05, 0.1) is 0 Å². The van der Waals surface area contributed by atoms with E-state index in [-0.39, 0.29) is 11.6 Å². The van der Waals surface area contributed by atoms with Crippen molar-refractivity contribution in [2.45, 2.75) is 57.5 Å². The van der Waals surface area contributed by atoms with E-state index in [1.807, 2.05) is 18.2 Å². The van der Waals surface area contributed by atoms with Crippen molar-refractivity contribution in [3.63, 3.8) is 0 Å². The van der Waals surface area contributed by atoms with Crippen LogP contribution in [0.4, 0.5) is 0 Å². The van der Waals surface area contributed by atoms with Gasteiger partial charge in [0.25, 0.3) is 0 Å². The van der Waals surface area contributed by atoms with Crippen molar-refractivity contribution in [1.82, 2.24) is 4.90 Å². The van der Waals surface area contributed by atoms with Crippen LogP contribution in [-0.4, -0.2) is 34.7 Å². The normalized spacial score (nSPS) is 21.4. The molecule has 0 aliphatic carbocycles. The fourth-order valence-electron chi connectivity index (χ4n) is 3.28. The first-order valence-corrected chi connectivity index (χ1v) is 7.85. The summed E-state index contributed by atoms with van der Waals surface area (Å²) in [5, 5.41) is 9.58. The summed E-state index contributed by atoms with van der Waals surface area (Å²) in [6, 6.07) is 7.56. The molecule has 0 saturated carbocycles. The van der Waals surface area contributed by atoms with Gasteiger partial charge in [-0.05, 0) is 63.4 Å². The van der Waals surface area contributed by atoms with E-state index in [1.165, 1.54) is 19.3 Å². The zero-order chi connectivity index (χ0) is 14.6. The number of hydrogen-bond acceptors (Lipinski definition) is 3. The van der Waals surface area contributed by atoms with E-state index in [0.29, 0.717) is 5.75 Å². The lowest BCUT2D eigenvalue weighted by molar-refractivity contribution is 0.0546. The Morgan fingerprint density at radius 1 is 1.30 bits per heavy atom. The molecule has 112 valence electrons. The van der Waals surface area contributed by atoms with Crippen molar-refractivity contribution in [3.05, 3.63) is 29.8 Å². The van der Waals surface area contributed by atoms with Gasteiger partial charge in [0.2, 0.25) is 0 Å². The highest BCUT2D eigenvalue weighted by atomic mass is 16.3. The lowest BCUT2D eigenvalue weighted by Crippen LogP contribution is -2.59. The summed E-state index contributed by atoms with van der Waals surface area (Å²) in [6.07, 6.45) is 5.79. The molecule has 1 aliphatic rings. The van der Waals surface area contributed by atoms with Gasteiger partial charge in [-0.3, -0.25) is 4.90 Å². The molecule has 3 nitrogen and oxygen atoms in total. The molecule has 3 heteroatoms. The largest absolute Gasteiger partial charge is 0.508 e. The van der Waals surface area contributed by atoms with Gasteiger partial charge in [0, 0.05) is 11.6 Å². The summed E-state index contributed by atoms with van der Waals surface area (Å²) in [4.78, 5) is 2.57. The van der Waals surface area contributed by atoms with Crippen molar-refractivity contribution in [3.8, 4) is 5.75 Å². The van der Waals surface area contributed by atoms with Crippen LogP contribution < -0.4 is 5.73 Å². The molecule has 2 rings (SSSR count). The molecular formula is C17H28N2O. The van der Waals surface area contributed by atoms with Crippen LogP contribution in [-0.2, 0) is 6.42 Å². The third-order valence-corrected chi connectivity index (χ3v) is 4.96. The highest BCUT2D eigenvalue weighted by Crippen LogP contribution is 2.28. The van der Waals surface area contributed by atoms with Gasteiger partial charge in [-0.1, -0.05) is 25.5 Å². The number of likely N-dealkylation sites (tertiary alicyclic amines) is 1. The topological polar surface area (TPSA) is 49.5 Å². The summed E-state index contributed by atoms with van der Waals surface area (Å²) >= 11 is 0. The number of phenolic OH excluding ortho intramolecular Hbond substituents is 1. The second-order valence-corrected chi connectivity index (χ2v) is 6.24. The van der Waals surface area contributed by atoms with E-state index >= 15 is 0 Å². The minimum absolute atomic E-state index is 0.0475. The second-order valence-electron chi connectivity index (χ2n) is 6.24. The zero-order valence-corrected chi connectivity index (χ0v) is 12.8. The van der Waals surface area contributed by atoms with Crippen LogP contribution in [0.1, 0.15) is 45.1 Å². The molecule has 0 spiro atoms. The van der Waals surface area contributed by atoms with Crippen LogP contribution >= 0.6 is 0 Å². The molecule has 0 aromatic heterocycles. The average molecular weight is 276 g/mol. The summed E-state index contributed by atoms with van der Waals surface area (Å²) in [7, 11) is 0. The highest BCUT2D eigenvalue weighted by molar-refractivity contribution is 5.28. The fourth-order valence-corrected chi connectivity index (χ4v) is 3.28. The molecule has 0 bridgehead atoms. The lowest BCUT2D eigenvalue weighted by Gasteiger charge is -2.47. The van der Waals surface area contributed by atoms with Gasteiger partial charge in [-0.15, -0.1) is 0 Å². The molecule has 1 saturated heterocycles. The third-order valence-electron chi connectivity index (χ3n) is 4.96. The predicted octanol–water partition coefficient (Wildman–Crippen LogP) is 2.92. The third kappa shape index (κ3) is 3.33. The molecular weight excluding hydrogens is 248 g/mol. The van der Waals surface area contributed by atoms with Gasteiger partial charge in [0.15, 0.2) is 0 Å². The van der Waals surface area contributed by atoms with E-state index in [2.05, 4.69) is 18.7 Å². The summed E-state index contributed by atoms with van der Waals surface area (Å²) in [5.41, 5.74) is 7.72. The molecule has 1 aromatic carbocycles. The van der Waals surface area contributed by atoms with E-state index in [0.717, 1.165) is 31.5 Å². The first-order chi connectivity index (χ1) is 9.56. The molecule has 1 fully saturated rings. The van der Waals surface area contributed by atoms with Gasteiger partial charge in [-0.2, -0.15) is 0 Å². The van der Waals surface area contributed by atoms with Crippen molar-refractivity contribution in [2.75, 3.05) is 13.1 Å². The minimum atomic E-state index is 0.0475. The van der Waals surface area contributed by atoms with Crippen LogP contribution in [0.25, 0.3) is 0 Å². The van der Waals surface area contributed by atoms with Crippen LogP contribution in [0.5, 0.6) is 5.75 Å². The molecule has 1 aliphatic heterocycles. The Morgan fingerprint density at radius 2 is 2.00 bits per heavy atom. The van der Waals surface area contributed by atoms with E-state index in [1.54, 1.807) is 6.07 Å². The molecule has 1 heterocycles. The summed E-state index contributed by atoms with van der Waals surface area (Å²) < 4.78 is 0. The van der Waals surface area contributed by atoms with Gasteiger partial charge >= 0.3 is 0 Å². The number of aromatic hydroxyl groups is 1. The van der Waals surface area contributed by atoms with Crippen molar-refractivity contribution >= 4 is 0 Å². The Morgan fingerprint density at radius 3 is 2.60 bits per heavy atom. The monoisotopic (exact) mass is 276 g/mol. The number of nitrogens with two attached hydrogens (primary N) is 1. The Bertz CT molecular complexity index is 429. The van der Waals surface area contributed by atoms with Crippen LogP contribution in [0, 0.1) is 0 Å². The molecule has 2 atom stereocenters. The Kier molecular flexibility index (Phi) is 5.06. The van der Waals surface area contributed by atoms with Crippen LogP contribution in [0.2, 0.25) is 0 Å². The van der Waals surface area contributed by atoms with E-state index in [9.17, 15) is 5.11 Å². The first kappa shape index (κ1) is 15.3. The minimum Gasteiger partial charge on any atom is -0.508 e. The number of phenols is 1. The quantitative estimate of drug-likeness (QED) is 0.869. The molecule has 3 N–H and O–H groups in total.